The van der Waals surface area contributed by atoms with Gasteiger partial charge in [-0.1, -0.05) is 12.1 Å². The van der Waals surface area contributed by atoms with E-state index in [0.717, 1.165) is 17.5 Å². The van der Waals surface area contributed by atoms with Gasteiger partial charge >= 0.3 is 12.4 Å². The maximum atomic E-state index is 14.3. The number of amides is 1. The van der Waals surface area contributed by atoms with Crippen LogP contribution in [0.3, 0.4) is 0 Å². The molecule has 0 bridgehead atoms. The first-order chi connectivity index (χ1) is 20.8. The SMILES string of the molecule is Cn1cnnc1C[C@]1(c2cccc(N3Cc4c(cc(CN5CCCC(C(F)(F)F)C5)cc4C(F)(F)F)C3=O)c2)C[C@H](C#N)C1. The Balaban J connectivity index is 1.30. The van der Waals surface area contributed by atoms with Crippen molar-refractivity contribution >= 4 is 11.6 Å². The number of piperidine rings is 1. The van der Waals surface area contributed by atoms with E-state index in [1.165, 1.54) is 15.9 Å². The van der Waals surface area contributed by atoms with Gasteiger partial charge in [-0.3, -0.25) is 9.69 Å². The van der Waals surface area contributed by atoms with Crippen LogP contribution in [0.15, 0.2) is 42.7 Å². The third-order valence-corrected chi connectivity index (χ3v) is 9.31. The lowest BCUT2D eigenvalue weighted by Crippen LogP contribution is -2.43. The van der Waals surface area contributed by atoms with Gasteiger partial charge in [0.1, 0.15) is 12.2 Å². The minimum atomic E-state index is -4.76. The zero-order valence-corrected chi connectivity index (χ0v) is 23.9. The number of anilines is 1. The van der Waals surface area contributed by atoms with E-state index in [1.807, 2.05) is 13.1 Å². The van der Waals surface area contributed by atoms with Crippen molar-refractivity contribution < 1.29 is 31.1 Å². The second-order valence-electron chi connectivity index (χ2n) is 12.3. The predicted octanol–water partition coefficient (Wildman–Crippen LogP) is 6.18. The summed E-state index contributed by atoms with van der Waals surface area (Å²) in [6, 6.07) is 11.8. The normalized spacial score (nSPS) is 24.2. The molecule has 1 aliphatic carbocycles. The van der Waals surface area contributed by atoms with E-state index in [0.29, 0.717) is 31.5 Å². The van der Waals surface area contributed by atoms with Gasteiger partial charge in [0.15, 0.2) is 0 Å². The number of benzene rings is 2. The average molecular weight is 617 g/mol. The molecule has 44 heavy (non-hydrogen) atoms. The summed E-state index contributed by atoms with van der Waals surface area (Å²) < 4.78 is 84.7. The summed E-state index contributed by atoms with van der Waals surface area (Å²) in [5.74, 6) is -1.55. The Labute approximate surface area is 250 Å². The molecule has 3 heterocycles. The van der Waals surface area contributed by atoms with E-state index in [-0.39, 0.29) is 55.1 Å². The number of halogens is 6. The Morgan fingerprint density at radius 3 is 2.55 bits per heavy atom. The Kier molecular flexibility index (Phi) is 7.47. The zero-order chi connectivity index (χ0) is 31.4. The number of aromatic nitrogens is 3. The summed E-state index contributed by atoms with van der Waals surface area (Å²) in [5, 5.41) is 17.6. The smallest absolute Gasteiger partial charge is 0.321 e. The second-order valence-corrected chi connectivity index (χ2v) is 12.3. The molecule has 1 unspecified atom stereocenters. The van der Waals surface area contributed by atoms with Crippen LogP contribution in [0.1, 0.15) is 64.1 Å². The Bertz CT molecular complexity index is 1620. The number of nitrogens with zero attached hydrogens (tertiary/aromatic N) is 6. The number of nitriles is 1. The molecule has 1 saturated carbocycles. The van der Waals surface area contributed by atoms with E-state index >= 15 is 0 Å². The molecule has 7 nitrogen and oxygen atoms in total. The highest BCUT2D eigenvalue weighted by Gasteiger charge is 2.47. The highest BCUT2D eigenvalue weighted by atomic mass is 19.4. The molecule has 1 aromatic heterocycles. The van der Waals surface area contributed by atoms with Crippen molar-refractivity contribution in [1.82, 2.24) is 19.7 Å². The van der Waals surface area contributed by atoms with Gasteiger partial charge in [0, 0.05) is 49.1 Å². The zero-order valence-electron chi connectivity index (χ0n) is 23.9. The van der Waals surface area contributed by atoms with Crippen LogP contribution >= 0.6 is 0 Å². The van der Waals surface area contributed by atoms with Gasteiger partial charge in [-0.05, 0) is 73.2 Å². The molecule has 1 saturated heterocycles. The van der Waals surface area contributed by atoms with E-state index in [2.05, 4.69) is 16.3 Å². The summed E-state index contributed by atoms with van der Waals surface area (Å²) in [6.07, 6.45) is -5.62. The van der Waals surface area contributed by atoms with Gasteiger partial charge in [0.2, 0.25) is 0 Å². The summed E-state index contributed by atoms with van der Waals surface area (Å²) >= 11 is 0. The summed E-state index contributed by atoms with van der Waals surface area (Å²) in [7, 11) is 1.83. The fraction of sp³-hybridized carbons (Fsp3) is 0.484. The number of hydrogen-bond donors (Lipinski definition) is 0. The van der Waals surface area contributed by atoms with Crippen molar-refractivity contribution in [3.63, 3.8) is 0 Å². The van der Waals surface area contributed by atoms with Crippen molar-refractivity contribution in [2.75, 3.05) is 18.0 Å². The molecule has 1 amide bonds. The quantitative estimate of drug-likeness (QED) is 0.309. The van der Waals surface area contributed by atoms with Crippen LogP contribution < -0.4 is 4.90 Å². The maximum absolute atomic E-state index is 14.3. The molecular weight excluding hydrogens is 586 g/mol. The molecule has 6 rings (SSSR count). The first-order valence-electron chi connectivity index (χ1n) is 14.4. The standard InChI is InChI=1S/C31H30F6N6O/c1-41-18-39-40-27(41)13-29(11-20(12-29)14-38)21-4-2-6-23(10-21)43-17-25-24(28(43)44)8-19(9-26(25)31(35,36)37)15-42-7-3-5-22(16-42)30(32,33)34/h2,4,6,8-10,18,20,22H,3,5,7,11-13,15-17H2,1H3/t20-,22?,29-. The van der Waals surface area contributed by atoms with Gasteiger partial charge < -0.3 is 9.47 Å². The predicted molar refractivity (Wildman–Crippen MR) is 147 cm³/mol. The van der Waals surface area contributed by atoms with Crippen molar-refractivity contribution in [2.24, 2.45) is 18.9 Å². The first kappa shape index (κ1) is 30.1. The molecule has 0 N–H and O–H groups in total. The molecule has 232 valence electrons. The largest absolute Gasteiger partial charge is 0.416 e. The molecule has 1 atom stereocenters. The van der Waals surface area contributed by atoms with Crippen molar-refractivity contribution in [2.45, 2.75) is 63.0 Å². The lowest BCUT2D eigenvalue weighted by molar-refractivity contribution is -0.187. The topological polar surface area (TPSA) is 78.1 Å². The molecule has 2 aromatic carbocycles. The lowest BCUT2D eigenvalue weighted by atomic mass is 9.57. The first-order valence-corrected chi connectivity index (χ1v) is 14.4. The van der Waals surface area contributed by atoms with Crippen LogP contribution in [-0.2, 0) is 38.1 Å². The monoisotopic (exact) mass is 616 g/mol. The molecule has 0 spiro atoms. The highest BCUT2D eigenvalue weighted by Crippen LogP contribution is 2.50. The Morgan fingerprint density at radius 2 is 1.89 bits per heavy atom. The van der Waals surface area contributed by atoms with Gasteiger partial charge in [0.05, 0.1) is 24.1 Å². The van der Waals surface area contributed by atoms with Crippen LogP contribution in [-0.4, -0.2) is 44.8 Å². The van der Waals surface area contributed by atoms with E-state index in [9.17, 15) is 36.4 Å². The van der Waals surface area contributed by atoms with Crippen LogP contribution in [0.4, 0.5) is 32.0 Å². The number of rotatable bonds is 6. The highest BCUT2D eigenvalue weighted by molar-refractivity contribution is 6.10. The van der Waals surface area contributed by atoms with Crippen molar-refractivity contribution in [3.05, 3.63) is 76.4 Å². The van der Waals surface area contributed by atoms with Gasteiger partial charge in [-0.25, -0.2) is 0 Å². The molecule has 0 radical (unpaired) electrons. The number of alkyl halides is 6. The minimum Gasteiger partial charge on any atom is -0.321 e. The van der Waals surface area contributed by atoms with Gasteiger partial charge in [-0.15, -0.1) is 10.2 Å². The number of likely N-dealkylation sites (tertiary alicyclic amines) is 1. The van der Waals surface area contributed by atoms with E-state index in [4.69, 9.17) is 0 Å². The van der Waals surface area contributed by atoms with Gasteiger partial charge in [0.25, 0.3) is 5.91 Å². The molecule has 2 aliphatic heterocycles. The van der Waals surface area contributed by atoms with Gasteiger partial charge in [-0.2, -0.15) is 31.6 Å². The average Bonchev–Trinajstić information content (AvgIpc) is 3.51. The van der Waals surface area contributed by atoms with E-state index < -0.39 is 35.2 Å². The number of aryl methyl sites for hydroxylation is 1. The number of fused-ring (bicyclic) bond motifs is 1. The summed E-state index contributed by atoms with van der Waals surface area (Å²) in [4.78, 5) is 16.5. The minimum absolute atomic E-state index is 0.0124. The Hall–Kier alpha value is -3.92. The molecule has 2 fully saturated rings. The third-order valence-electron chi connectivity index (χ3n) is 9.31. The van der Waals surface area contributed by atoms with Crippen LogP contribution in [0.5, 0.6) is 0 Å². The fourth-order valence-corrected chi connectivity index (χ4v) is 6.98. The second kappa shape index (κ2) is 10.9. The lowest BCUT2D eigenvalue weighted by Gasteiger charge is -2.45. The van der Waals surface area contributed by atoms with E-state index in [1.54, 1.807) is 29.1 Å². The summed E-state index contributed by atoms with van der Waals surface area (Å²) in [6.45, 7) is -0.363. The van der Waals surface area contributed by atoms with Crippen LogP contribution in [0.25, 0.3) is 0 Å². The molecule has 3 aliphatic rings. The van der Waals surface area contributed by atoms with Crippen molar-refractivity contribution in [1.29, 1.82) is 5.26 Å². The van der Waals surface area contributed by atoms with Crippen LogP contribution in [0.2, 0.25) is 0 Å². The molecule has 13 heteroatoms. The summed E-state index contributed by atoms with van der Waals surface area (Å²) in [5.41, 5.74) is -0.190. The fourth-order valence-electron chi connectivity index (χ4n) is 6.98. The molecule has 3 aromatic rings. The maximum Gasteiger partial charge on any atom is 0.416 e. The third kappa shape index (κ3) is 5.56. The number of carbonyl (C=O) groups is 1. The Morgan fingerprint density at radius 1 is 1.11 bits per heavy atom. The molecular formula is C31H30F6N6O. The van der Waals surface area contributed by atoms with Crippen molar-refractivity contribution in [3.8, 4) is 6.07 Å². The van der Waals surface area contributed by atoms with Crippen LogP contribution in [0, 0.1) is 23.2 Å². The number of hydrogen-bond acceptors (Lipinski definition) is 5. The number of carbonyl (C=O) groups excluding carboxylic acids is 1.